The molecule has 2 heterocycles. The first-order chi connectivity index (χ1) is 17.9. The summed E-state index contributed by atoms with van der Waals surface area (Å²) >= 11 is 0. The highest BCUT2D eigenvalue weighted by atomic mass is 16.5. The van der Waals surface area contributed by atoms with E-state index in [1.165, 1.54) is 17.0 Å². The van der Waals surface area contributed by atoms with Crippen molar-refractivity contribution in [2.24, 2.45) is 0 Å². The molecular weight excluding hydrogens is 468 g/mol. The minimum absolute atomic E-state index is 0.0174. The summed E-state index contributed by atoms with van der Waals surface area (Å²) in [5.74, 6) is -0.879. The number of hydrogen-bond donors (Lipinski definition) is 2. The smallest absolute Gasteiger partial charge is 0.269 e. The highest BCUT2D eigenvalue weighted by molar-refractivity contribution is 6.10. The number of hydrogen-bond acceptors (Lipinski definition) is 5. The molecule has 7 nitrogen and oxygen atoms in total. The number of fused-ring (bicyclic) bond motifs is 2. The Kier molecular flexibility index (Phi) is 5.24. The van der Waals surface area contributed by atoms with Crippen LogP contribution in [-0.2, 0) is 15.2 Å². The molecule has 1 atom stereocenters. The highest BCUT2D eigenvalue weighted by Gasteiger charge is 2.54. The molecule has 2 amide bonds. The van der Waals surface area contributed by atoms with Gasteiger partial charge in [0.05, 0.1) is 17.4 Å². The lowest BCUT2D eigenvalue weighted by Crippen LogP contribution is -2.43. The number of phenols is 1. The first-order valence-electron chi connectivity index (χ1n) is 11.9. The number of aliphatic hydroxyl groups is 1. The van der Waals surface area contributed by atoms with E-state index in [-0.39, 0.29) is 23.8 Å². The summed E-state index contributed by atoms with van der Waals surface area (Å²) in [5, 5.41) is 23.3. The Morgan fingerprint density at radius 1 is 0.811 bits per heavy atom. The van der Waals surface area contributed by atoms with Crippen LogP contribution in [0, 0.1) is 0 Å². The number of ether oxygens (including phenoxy) is 1. The van der Waals surface area contributed by atoms with Gasteiger partial charge in [-0.1, -0.05) is 78.9 Å². The van der Waals surface area contributed by atoms with Crippen molar-refractivity contribution in [1.29, 1.82) is 0 Å². The van der Waals surface area contributed by atoms with E-state index in [0.717, 1.165) is 11.1 Å². The van der Waals surface area contributed by atoms with E-state index in [1.807, 2.05) is 66.7 Å². The topological polar surface area (TPSA) is 90.3 Å². The first kappa shape index (κ1) is 22.8. The first-order valence-corrected chi connectivity index (χ1v) is 11.9. The number of benzene rings is 4. The second kappa shape index (κ2) is 8.50. The van der Waals surface area contributed by atoms with Crippen LogP contribution >= 0.6 is 0 Å². The van der Waals surface area contributed by atoms with Gasteiger partial charge >= 0.3 is 0 Å². The third kappa shape index (κ3) is 3.39. The van der Waals surface area contributed by atoms with Crippen LogP contribution in [0.15, 0.2) is 97.1 Å². The molecule has 1 unspecified atom stereocenters. The molecule has 184 valence electrons. The second-order valence-electron chi connectivity index (χ2n) is 9.21. The maximum Gasteiger partial charge on any atom is 0.269 e. The molecule has 2 aliphatic rings. The molecule has 0 bridgehead atoms. The third-order valence-corrected chi connectivity index (χ3v) is 7.12. The minimum atomic E-state index is -2.20. The van der Waals surface area contributed by atoms with Crippen molar-refractivity contribution in [1.82, 2.24) is 0 Å². The van der Waals surface area contributed by atoms with Gasteiger partial charge < -0.3 is 19.8 Å². The zero-order valence-corrected chi connectivity index (χ0v) is 20.0. The predicted octanol–water partition coefficient (Wildman–Crippen LogP) is 4.12. The van der Waals surface area contributed by atoms with Crippen LogP contribution in [0.4, 0.5) is 11.4 Å². The van der Waals surface area contributed by atoms with Gasteiger partial charge in [0, 0.05) is 24.2 Å². The molecule has 0 aliphatic carbocycles. The Morgan fingerprint density at radius 2 is 1.41 bits per heavy atom. The predicted molar refractivity (Wildman–Crippen MR) is 139 cm³/mol. The number of carbonyl (C=O) groups is 2. The summed E-state index contributed by atoms with van der Waals surface area (Å²) in [7, 11) is 1.59. The fraction of sp³-hybridized carbons (Fsp3) is 0.133. The second-order valence-corrected chi connectivity index (χ2v) is 9.21. The summed E-state index contributed by atoms with van der Waals surface area (Å²) in [4.78, 5) is 29.6. The van der Waals surface area contributed by atoms with Crippen molar-refractivity contribution in [2.75, 3.05) is 23.5 Å². The van der Waals surface area contributed by atoms with Crippen LogP contribution in [0.5, 0.6) is 11.5 Å². The molecule has 0 fully saturated rings. The van der Waals surface area contributed by atoms with Crippen molar-refractivity contribution in [3.05, 3.63) is 119 Å². The SMILES string of the molecule is CN1C(=O)COc2cc(O)c(C3(O)C(=O)N(C(c4ccccc4)c4ccccc4)c4ccccc43)cc21. The number of carbonyl (C=O) groups excluding carboxylic acids is 2. The minimum Gasteiger partial charge on any atom is -0.507 e. The number of nitrogens with zero attached hydrogens (tertiary/aromatic N) is 2. The van der Waals surface area contributed by atoms with E-state index in [9.17, 15) is 19.8 Å². The lowest BCUT2D eigenvalue weighted by atomic mass is 9.86. The molecule has 4 aromatic rings. The standard InChI is InChI=1S/C30H24N2O5/c1-31-24-16-22(25(33)17-26(24)37-18-27(31)34)30(36)21-14-8-9-15-23(21)32(29(30)35)28(19-10-4-2-5-11-19)20-12-6-3-7-13-20/h2-17,28,33,36H,18H2,1H3. The van der Waals surface area contributed by atoms with Gasteiger partial charge in [0.2, 0.25) is 5.60 Å². The Hall–Kier alpha value is -4.62. The number of likely N-dealkylation sites (N-methyl/N-ethyl adjacent to an activating group) is 1. The van der Waals surface area contributed by atoms with Crippen molar-refractivity contribution in [2.45, 2.75) is 11.6 Å². The summed E-state index contributed by atoms with van der Waals surface area (Å²) in [6.45, 7) is -0.155. The Balaban J connectivity index is 1.57. The Morgan fingerprint density at radius 3 is 2.05 bits per heavy atom. The van der Waals surface area contributed by atoms with E-state index in [4.69, 9.17) is 4.74 Å². The van der Waals surface area contributed by atoms with Crippen molar-refractivity contribution in [3.8, 4) is 11.5 Å². The average molecular weight is 493 g/mol. The van der Waals surface area contributed by atoms with E-state index in [1.54, 1.807) is 30.1 Å². The Bertz CT molecular complexity index is 1480. The van der Waals surface area contributed by atoms with Crippen LogP contribution in [0.3, 0.4) is 0 Å². The maximum atomic E-state index is 14.4. The quantitative estimate of drug-likeness (QED) is 0.447. The molecule has 0 saturated heterocycles. The zero-order chi connectivity index (χ0) is 25.7. The molecule has 0 aromatic heterocycles. The average Bonchev–Trinajstić information content (AvgIpc) is 3.15. The van der Waals surface area contributed by atoms with Crippen molar-refractivity contribution >= 4 is 23.2 Å². The fourth-order valence-electron chi connectivity index (χ4n) is 5.26. The number of anilines is 2. The molecular formula is C30H24N2O5. The van der Waals surface area contributed by atoms with Crippen LogP contribution < -0.4 is 14.5 Å². The zero-order valence-electron chi connectivity index (χ0n) is 20.0. The molecule has 4 aromatic carbocycles. The highest BCUT2D eigenvalue weighted by Crippen LogP contribution is 2.52. The van der Waals surface area contributed by atoms with Gasteiger partial charge in [0.15, 0.2) is 6.61 Å². The van der Waals surface area contributed by atoms with Crippen molar-refractivity contribution < 1.29 is 24.5 Å². The van der Waals surface area contributed by atoms with Crippen molar-refractivity contribution in [3.63, 3.8) is 0 Å². The van der Waals surface area contributed by atoms with Gasteiger partial charge in [-0.2, -0.15) is 0 Å². The largest absolute Gasteiger partial charge is 0.507 e. The summed E-state index contributed by atoms with van der Waals surface area (Å²) in [6.07, 6.45) is 0. The van der Waals surface area contributed by atoms with E-state index in [0.29, 0.717) is 22.7 Å². The van der Waals surface area contributed by atoms with Gasteiger partial charge in [-0.05, 0) is 23.3 Å². The lowest BCUT2D eigenvalue weighted by Gasteiger charge is -2.32. The fourth-order valence-corrected chi connectivity index (χ4v) is 5.26. The van der Waals surface area contributed by atoms with Crippen LogP contribution in [0.2, 0.25) is 0 Å². The molecule has 0 radical (unpaired) electrons. The number of amides is 2. The lowest BCUT2D eigenvalue weighted by molar-refractivity contribution is -0.132. The van der Waals surface area contributed by atoms with Crippen LogP contribution in [0.25, 0.3) is 0 Å². The number of aromatic hydroxyl groups is 1. The number of para-hydroxylation sites is 1. The van der Waals surface area contributed by atoms with Crippen LogP contribution in [0.1, 0.15) is 28.3 Å². The monoisotopic (exact) mass is 492 g/mol. The van der Waals surface area contributed by atoms with E-state index in [2.05, 4.69) is 0 Å². The maximum absolute atomic E-state index is 14.4. The normalized spacial score (nSPS) is 18.6. The molecule has 37 heavy (non-hydrogen) atoms. The third-order valence-electron chi connectivity index (χ3n) is 7.12. The van der Waals surface area contributed by atoms with Gasteiger partial charge in [-0.3, -0.25) is 14.5 Å². The number of rotatable bonds is 4. The molecule has 7 heteroatoms. The van der Waals surface area contributed by atoms with Gasteiger partial charge in [0.25, 0.3) is 11.8 Å². The molecule has 0 spiro atoms. The van der Waals surface area contributed by atoms with Crippen LogP contribution in [-0.4, -0.2) is 35.7 Å². The summed E-state index contributed by atoms with van der Waals surface area (Å²) < 4.78 is 5.48. The number of phenolic OH excluding ortho intramolecular Hbond substituents is 1. The molecule has 0 saturated carbocycles. The van der Waals surface area contributed by atoms with Gasteiger partial charge in [-0.15, -0.1) is 0 Å². The van der Waals surface area contributed by atoms with E-state index < -0.39 is 17.6 Å². The Labute approximate surface area is 213 Å². The summed E-state index contributed by atoms with van der Waals surface area (Å²) in [5.41, 5.74) is 0.770. The summed E-state index contributed by atoms with van der Waals surface area (Å²) in [6, 6.07) is 28.5. The molecule has 2 aliphatic heterocycles. The molecule has 6 rings (SSSR count). The van der Waals surface area contributed by atoms with E-state index >= 15 is 0 Å². The van der Waals surface area contributed by atoms with Gasteiger partial charge in [-0.25, -0.2) is 0 Å². The van der Waals surface area contributed by atoms with Gasteiger partial charge in [0.1, 0.15) is 11.5 Å². The molecule has 2 N–H and O–H groups in total.